The van der Waals surface area contributed by atoms with Crippen LogP contribution in [0.4, 0.5) is 5.69 Å². The molecule has 3 N–H and O–H groups in total. The van der Waals surface area contributed by atoms with Gasteiger partial charge in [0.05, 0.1) is 5.56 Å². The van der Waals surface area contributed by atoms with Crippen molar-refractivity contribution in [2.75, 3.05) is 12.3 Å². The first-order valence-electron chi connectivity index (χ1n) is 6.33. The zero-order chi connectivity index (χ0) is 13.2. The van der Waals surface area contributed by atoms with E-state index in [9.17, 15) is 4.79 Å². The molecule has 2 rings (SSSR count). The summed E-state index contributed by atoms with van der Waals surface area (Å²) < 4.78 is 0. The summed E-state index contributed by atoms with van der Waals surface area (Å²) in [5, 5.41) is 3.53. The molecule has 1 amide bonds. The minimum Gasteiger partial charge on any atom is -0.398 e. The lowest BCUT2D eigenvalue weighted by atomic mass is 9.89. The summed E-state index contributed by atoms with van der Waals surface area (Å²) in [5.74, 6) is -0.114. The van der Waals surface area contributed by atoms with Gasteiger partial charge in [0.25, 0.3) is 5.91 Å². The molecule has 0 atom stereocenters. The van der Waals surface area contributed by atoms with Crippen molar-refractivity contribution < 1.29 is 4.79 Å². The molecule has 0 aliphatic heterocycles. The van der Waals surface area contributed by atoms with E-state index in [-0.39, 0.29) is 11.3 Å². The molecule has 0 heterocycles. The summed E-state index contributed by atoms with van der Waals surface area (Å²) in [4.78, 5) is 12.0. The Morgan fingerprint density at radius 3 is 2.72 bits per heavy atom. The lowest BCUT2D eigenvalue weighted by Crippen LogP contribution is -2.34. The average Bonchev–Trinajstić information content (AvgIpc) is 2.74. The minimum atomic E-state index is -0.114. The summed E-state index contributed by atoms with van der Waals surface area (Å²) in [6.45, 7) is 2.94. The van der Waals surface area contributed by atoms with Crippen molar-refractivity contribution in [3.05, 3.63) is 28.8 Å². The third-order valence-electron chi connectivity index (χ3n) is 3.74. The first kappa shape index (κ1) is 13.2. The second kappa shape index (κ2) is 5.19. The maximum absolute atomic E-state index is 12.0. The van der Waals surface area contributed by atoms with E-state index >= 15 is 0 Å². The van der Waals surface area contributed by atoms with Crippen LogP contribution in [0.15, 0.2) is 18.2 Å². The molecule has 1 aliphatic carbocycles. The number of nitrogens with one attached hydrogen (secondary N) is 1. The van der Waals surface area contributed by atoms with Crippen LogP contribution in [0.2, 0.25) is 5.02 Å². The summed E-state index contributed by atoms with van der Waals surface area (Å²) in [6.07, 6.45) is 4.89. The van der Waals surface area contributed by atoms with Crippen LogP contribution in [0.3, 0.4) is 0 Å². The largest absolute Gasteiger partial charge is 0.398 e. The van der Waals surface area contributed by atoms with Gasteiger partial charge in [0.2, 0.25) is 0 Å². The highest BCUT2D eigenvalue weighted by Crippen LogP contribution is 2.36. The molecule has 1 saturated carbocycles. The Balaban J connectivity index is 1.99. The van der Waals surface area contributed by atoms with Crippen molar-refractivity contribution in [2.24, 2.45) is 5.41 Å². The second-order valence-electron chi connectivity index (χ2n) is 5.43. The quantitative estimate of drug-likeness (QED) is 0.826. The first-order chi connectivity index (χ1) is 8.50. The first-order valence-corrected chi connectivity index (χ1v) is 6.71. The van der Waals surface area contributed by atoms with Crippen molar-refractivity contribution in [1.82, 2.24) is 5.32 Å². The van der Waals surface area contributed by atoms with Gasteiger partial charge in [-0.2, -0.15) is 0 Å². The van der Waals surface area contributed by atoms with Crippen LogP contribution in [0.25, 0.3) is 0 Å². The van der Waals surface area contributed by atoms with Gasteiger partial charge in [0, 0.05) is 17.3 Å². The predicted octanol–water partition coefficient (Wildman–Crippen LogP) is 3.23. The Kier molecular flexibility index (Phi) is 3.81. The van der Waals surface area contributed by atoms with Crippen LogP contribution in [0.5, 0.6) is 0 Å². The lowest BCUT2D eigenvalue weighted by Gasteiger charge is -2.23. The fourth-order valence-electron chi connectivity index (χ4n) is 2.53. The number of hydrogen-bond acceptors (Lipinski definition) is 2. The normalized spacial score (nSPS) is 17.7. The monoisotopic (exact) mass is 266 g/mol. The number of halogens is 1. The maximum atomic E-state index is 12.0. The van der Waals surface area contributed by atoms with Gasteiger partial charge in [0.1, 0.15) is 0 Å². The van der Waals surface area contributed by atoms with E-state index in [0.29, 0.717) is 22.8 Å². The second-order valence-corrected chi connectivity index (χ2v) is 5.87. The summed E-state index contributed by atoms with van der Waals surface area (Å²) in [5.41, 5.74) is 6.97. The molecule has 1 aromatic rings. The van der Waals surface area contributed by atoms with Crippen LogP contribution in [0.1, 0.15) is 43.0 Å². The molecule has 0 aromatic heterocycles. The van der Waals surface area contributed by atoms with Crippen molar-refractivity contribution >= 4 is 23.2 Å². The topological polar surface area (TPSA) is 55.1 Å². The van der Waals surface area contributed by atoms with Gasteiger partial charge >= 0.3 is 0 Å². The lowest BCUT2D eigenvalue weighted by molar-refractivity contribution is 0.0935. The molecular formula is C14H19ClN2O. The molecule has 0 spiro atoms. The fraction of sp³-hybridized carbons (Fsp3) is 0.500. The van der Waals surface area contributed by atoms with Crippen molar-refractivity contribution in [2.45, 2.75) is 32.6 Å². The zero-order valence-electron chi connectivity index (χ0n) is 10.6. The van der Waals surface area contributed by atoms with Gasteiger partial charge in [-0.1, -0.05) is 31.4 Å². The summed E-state index contributed by atoms with van der Waals surface area (Å²) >= 11 is 5.81. The molecule has 0 radical (unpaired) electrons. The highest BCUT2D eigenvalue weighted by Gasteiger charge is 2.29. The molecule has 98 valence electrons. The summed E-state index contributed by atoms with van der Waals surface area (Å²) in [6, 6.07) is 4.96. The molecule has 0 saturated heterocycles. The van der Waals surface area contributed by atoms with E-state index in [1.165, 1.54) is 25.7 Å². The molecule has 1 aliphatic rings. The Labute approximate surface area is 113 Å². The molecule has 18 heavy (non-hydrogen) atoms. The van der Waals surface area contributed by atoms with Crippen LogP contribution in [0, 0.1) is 5.41 Å². The van der Waals surface area contributed by atoms with Crippen LogP contribution in [-0.2, 0) is 0 Å². The van der Waals surface area contributed by atoms with E-state index in [1.807, 2.05) is 0 Å². The van der Waals surface area contributed by atoms with E-state index in [4.69, 9.17) is 17.3 Å². The maximum Gasteiger partial charge on any atom is 0.253 e. The number of carbonyl (C=O) groups excluding carboxylic acids is 1. The van der Waals surface area contributed by atoms with Gasteiger partial charge in [-0.15, -0.1) is 0 Å². The number of benzene rings is 1. The Morgan fingerprint density at radius 1 is 1.44 bits per heavy atom. The number of anilines is 1. The van der Waals surface area contributed by atoms with Gasteiger partial charge in [-0.3, -0.25) is 4.79 Å². The number of rotatable bonds is 3. The van der Waals surface area contributed by atoms with Gasteiger partial charge in [-0.05, 0) is 36.5 Å². The van der Waals surface area contributed by atoms with E-state index in [2.05, 4.69) is 12.2 Å². The third-order valence-corrected chi connectivity index (χ3v) is 3.98. The van der Waals surface area contributed by atoms with E-state index in [1.54, 1.807) is 18.2 Å². The van der Waals surface area contributed by atoms with Crippen molar-refractivity contribution in [1.29, 1.82) is 0 Å². The highest BCUT2D eigenvalue weighted by atomic mass is 35.5. The molecule has 3 nitrogen and oxygen atoms in total. The average molecular weight is 267 g/mol. The number of carbonyl (C=O) groups is 1. The Bertz CT molecular complexity index is 453. The molecule has 0 unspecified atom stereocenters. The SMILES string of the molecule is CC1(CNC(=O)c2ccc(Cl)cc2N)CCCC1. The minimum absolute atomic E-state index is 0.114. The van der Waals surface area contributed by atoms with Crippen LogP contribution < -0.4 is 11.1 Å². The fourth-order valence-corrected chi connectivity index (χ4v) is 2.72. The molecule has 4 heteroatoms. The van der Waals surface area contributed by atoms with Crippen molar-refractivity contribution in [3.8, 4) is 0 Å². The van der Waals surface area contributed by atoms with Crippen LogP contribution >= 0.6 is 11.6 Å². The van der Waals surface area contributed by atoms with Gasteiger partial charge in [-0.25, -0.2) is 0 Å². The van der Waals surface area contributed by atoms with Gasteiger partial charge in [0.15, 0.2) is 0 Å². The third kappa shape index (κ3) is 2.96. The summed E-state index contributed by atoms with van der Waals surface area (Å²) in [7, 11) is 0. The van der Waals surface area contributed by atoms with Crippen molar-refractivity contribution in [3.63, 3.8) is 0 Å². The smallest absolute Gasteiger partial charge is 0.253 e. The standard InChI is InChI=1S/C14H19ClN2O/c1-14(6-2-3-7-14)9-17-13(18)11-5-4-10(15)8-12(11)16/h4-5,8H,2-3,6-7,9,16H2,1H3,(H,17,18). The number of amides is 1. The Hall–Kier alpha value is -1.22. The van der Waals surface area contributed by atoms with E-state index < -0.39 is 0 Å². The molecular weight excluding hydrogens is 248 g/mol. The number of nitrogen functional groups attached to an aromatic ring is 1. The zero-order valence-corrected chi connectivity index (χ0v) is 11.4. The van der Waals surface area contributed by atoms with Gasteiger partial charge < -0.3 is 11.1 Å². The highest BCUT2D eigenvalue weighted by molar-refractivity contribution is 6.31. The van der Waals surface area contributed by atoms with Crippen LogP contribution in [-0.4, -0.2) is 12.5 Å². The molecule has 0 bridgehead atoms. The predicted molar refractivity (Wildman–Crippen MR) is 74.8 cm³/mol. The van der Waals surface area contributed by atoms with E-state index in [0.717, 1.165) is 0 Å². The number of nitrogens with two attached hydrogens (primary N) is 1. The Morgan fingerprint density at radius 2 is 2.11 bits per heavy atom. The molecule has 1 fully saturated rings. The molecule has 1 aromatic carbocycles. The number of hydrogen-bond donors (Lipinski definition) is 2.